The van der Waals surface area contributed by atoms with Crippen LogP contribution in [-0.4, -0.2) is 41.7 Å². The molecule has 0 bridgehead atoms. The molecule has 0 atom stereocenters. The SMILES string of the molecule is O=C(O)C1CCN(C(=O)Nc2cc(F)ccc2OC(F)F)CC1. The molecular weight excluding hydrogens is 317 g/mol. The van der Waals surface area contributed by atoms with Crippen molar-refractivity contribution in [2.24, 2.45) is 5.92 Å². The summed E-state index contributed by atoms with van der Waals surface area (Å²) in [5.74, 6) is -2.49. The summed E-state index contributed by atoms with van der Waals surface area (Å²) in [5, 5.41) is 11.2. The Bertz CT molecular complexity index is 589. The van der Waals surface area contributed by atoms with Crippen molar-refractivity contribution >= 4 is 17.7 Å². The number of rotatable bonds is 4. The second-order valence-electron chi connectivity index (χ2n) is 5.05. The molecule has 6 nitrogen and oxygen atoms in total. The lowest BCUT2D eigenvalue weighted by Gasteiger charge is -2.30. The number of anilines is 1. The van der Waals surface area contributed by atoms with Gasteiger partial charge in [-0.2, -0.15) is 8.78 Å². The minimum Gasteiger partial charge on any atom is -0.481 e. The van der Waals surface area contributed by atoms with Crippen molar-refractivity contribution in [1.29, 1.82) is 0 Å². The number of carbonyl (C=O) groups is 2. The van der Waals surface area contributed by atoms with Gasteiger partial charge in [0.1, 0.15) is 11.6 Å². The van der Waals surface area contributed by atoms with Crippen LogP contribution in [0.15, 0.2) is 18.2 Å². The summed E-state index contributed by atoms with van der Waals surface area (Å²) < 4.78 is 42.1. The first-order chi connectivity index (χ1) is 10.9. The molecule has 1 aliphatic heterocycles. The van der Waals surface area contributed by atoms with Crippen LogP contribution in [0.3, 0.4) is 0 Å². The Hall–Kier alpha value is -2.45. The third kappa shape index (κ3) is 4.51. The van der Waals surface area contributed by atoms with Crippen LogP contribution in [0.1, 0.15) is 12.8 Å². The molecule has 1 aromatic rings. The highest BCUT2D eigenvalue weighted by Crippen LogP contribution is 2.28. The van der Waals surface area contributed by atoms with Crippen molar-refractivity contribution < 1.29 is 32.6 Å². The first kappa shape index (κ1) is 16.9. The van der Waals surface area contributed by atoms with Gasteiger partial charge in [-0.15, -0.1) is 0 Å². The Morgan fingerprint density at radius 2 is 1.96 bits per heavy atom. The van der Waals surface area contributed by atoms with E-state index >= 15 is 0 Å². The predicted molar refractivity (Wildman–Crippen MR) is 74.0 cm³/mol. The second kappa shape index (κ2) is 7.21. The number of nitrogens with one attached hydrogen (secondary N) is 1. The average Bonchev–Trinajstić information content (AvgIpc) is 2.49. The molecule has 0 unspecified atom stereocenters. The molecule has 126 valence electrons. The number of carboxylic acid groups (broad SMARTS) is 1. The largest absolute Gasteiger partial charge is 0.481 e. The van der Waals surface area contributed by atoms with E-state index in [1.165, 1.54) is 4.90 Å². The molecule has 1 heterocycles. The van der Waals surface area contributed by atoms with Crippen molar-refractivity contribution in [3.63, 3.8) is 0 Å². The molecule has 0 spiro atoms. The van der Waals surface area contributed by atoms with Crippen molar-refractivity contribution in [2.75, 3.05) is 18.4 Å². The van der Waals surface area contributed by atoms with Crippen LogP contribution in [0.25, 0.3) is 0 Å². The minimum absolute atomic E-state index is 0.211. The number of nitrogens with zero attached hydrogens (tertiary/aromatic N) is 1. The molecule has 0 aromatic heterocycles. The zero-order valence-electron chi connectivity index (χ0n) is 12.0. The molecule has 23 heavy (non-hydrogen) atoms. The highest BCUT2D eigenvalue weighted by Gasteiger charge is 2.27. The topological polar surface area (TPSA) is 78.9 Å². The first-order valence-corrected chi connectivity index (χ1v) is 6.90. The Labute approximate surface area is 129 Å². The number of urea groups is 1. The van der Waals surface area contributed by atoms with Gasteiger partial charge in [-0.05, 0) is 25.0 Å². The number of piperidine rings is 1. The Balaban J connectivity index is 2.03. The summed E-state index contributed by atoms with van der Waals surface area (Å²) >= 11 is 0. The fraction of sp³-hybridized carbons (Fsp3) is 0.429. The monoisotopic (exact) mass is 332 g/mol. The lowest BCUT2D eigenvalue weighted by Crippen LogP contribution is -2.42. The maximum atomic E-state index is 13.2. The molecule has 1 fully saturated rings. The third-order valence-corrected chi connectivity index (χ3v) is 3.53. The van der Waals surface area contributed by atoms with E-state index in [4.69, 9.17) is 5.11 Å². The third-order valence-electron chi connectivity index (χ3n) is 3.53. The van der Waals surface area contributed by atoms with E-state index < -0.39 is 30.3 Å². The van der Waals surface area contributed by atoms with Crippen LogP contribution in [0.4, 0.5) is 23.7 Å². The fourth-order valence-corrected chi connectivity index (χ4v) is 2.32. The van der Waals surface area contributed by atoms with Gasteiger partial charge in [0.25, 0.3) is 0 Å². The summed E-state index contributed by atoms with van der Waals surface area (Å²) in [6, 6.07) is 2.18. The van der Waals surface area contributed by atoms with Gasteiger partial charge in [0.15, 0.2) is 0 Å². The minimum atomic E-state index is -3.11. The van der Waals surface area contributed by atoms with Crippen molar-refractivity contribution in [3.05, 3.63) is 24.0 Å². The zero-order valence-corrected chi connectivity index (χ0v) is 12.0. The van der Waals surface area contributed by atoms with E-state index in [0.29, 0.717) is 12.8 Å². The number of aliphatic carboxylic acids is 1. The van der Waals surface area contributed by atoms with E-state index in [-0.39, 0.29) is 24.5 Å². The lowest BCUT2D eigenvalue weighted by molar-refractivity contribution is -0.143. The van der Waals surface area contributed by atoms with E-state index in [2.05, 4.69) is 10.1 Å². The number of benzene rings is 1. The normalized spacial score (nSPS) is 15.6. The summed E-state index contributed by atoms with van der Waals surface area (Å²) in [7, 11) is 0. The first-order valence-electron chi connectivity index (χ1n) is 6.90. The molecule has 1 saturated heterocycles. The van der Waals surface area contributed by atoms with Crippen LogP contribution in [0.5, 0.6) is 5.75 Å². The lowest BCUT2D eigenvalue weighted by atomic mass is 9.97. The van der Waals surface area contributed by atoms with Crippen LogP contribution in [-0.2, 0) is 4.79 Å². The number of likely N-dealkylation sites (tertiary alicyclic amines) is 1. The maximum Gasteiger partial charge on any atom is 0.387 e. The van der Waals surface area contributed by atoms with Crippen molar-refractivity contribution in [2.45, 2.75) is 19.5 Å². The van der Waals surface area contributed by atoms with Crippen LogP contribution in [0, 0.1) is 11.7 Å². The predicted octanol–water partition coefficient (Wildman–Crippen LogP) is 2.76. The summed E-state index contributed by atoms with van der Waals surface area (Å²) in [4.78, 5) is 24.3. The van der Waals surface area contributed by atoms with Crippen molar-refractivity contribution in [3.8, 4) is 5.75 Å². The molecular formula is C14H15F3N2O4. The highest BCUT2D eigenvalue weighted by atomic mass is 19.3. The van der Waals surface area contributed by atoms with Crippen LogP contribution < -0.4 is 10.1 Å². The highest BCUT2D eigenvalue weighted by molar-refractivity contribution is 5.91. The molecule has 0 radical (unpaired) electrons. The number of hydrogen-bond donors (Lipinski definition) is 2. The van der Waals surface area contributed by atoms with Crippen LogP contribution in [0.2, 0.25) is 0 Å². The molecule has 1 aromatic carbocycles. The quantitative estimate of drug-likeness (QED) is 0.889. The molecule has 2 rings (SSSR count). The van der Waals surface area contributed by atoms with Gasteiger partial charge >= 0.3 is 18.6 Å². The number of alkyl halides is 2. The van der Waals surface area contributed by atoms with Gasteiger partial charge in [0, 0.05) is 19.2 Å². The average molecular weight is 332 g/mol. The number of ether oxygens (including phenoxy) is 1. The van der Waals surface area contributed by atoms with Gasteiger partial charge in [-0.3, -0.25) is 4.79 Å². The van der Waals surface area contributed by atoms with Gasteiger partial charge in [0.05, 0.1) is 11.6 Å². The Kier molecular flexibility index (Phi) is 5.30. The number of halogens is 3. The zero-order chi connectivity index (χ0) is 17.0. The number of hydrogen-bond acceptors (Lipinski definition) is 3. The summed E-state index contributed by atoms with van der Waals surface area (Å²) in [6.45, 7) is -2.69. The van der Waals surface area contributed by atoms with Crippen molar-refractivity contribution in [1.82, 2.24) is 4.90 Å². The van der Waals surface area contributed by atoms with E-state index in [0.717, 1.165) is 18.2 Å². The molecule has 1 aliphatic rings. The summed E-state index contributed by atoms with van der Waals surface area (Å²) in [6.07, 6.45) is 0.596. The fourth-order valence-electron chi connectivity index (χ4n) is 2.32. The van der Waals surface area contributed by atoms with Gasteiger partial charge < -0.3 is 20.1 Å². The van der Waals surface area contributed by atoms with E-state index in [1.54, 1.807) is 0 Å². The van der Waals surface area contributed by atoms with Gasteiger partial charge in [-0.25, -0.2) is 9.18 Å². The Morgan fingerprint density at radius 3 is 2.52 bits per heavy atom. The molecule has 9 heteroatoms. The smallest absolute Gasteiger partial charge is 0.387 e. The standard InChI is InChI=1S/C14H15F3N2O4/c15-9-1-2-11(23-13(16)17)10(7-9)18-14(22)19-5-3-8(4-6-19)12(20)21/h1-2,7-8,13H,3-6H2,(H,18,22)(H,20,21). The van der Waals surface area contributed by atoms with Gasteiger partial charge in [-0.1, -0.05) is 0 Å². The Morgan fingerprint density at radius 1 is 1.30 bits per heavy atom. The molecule has 2 N–H and O–H groups in total. The van der Waals surface area contributed by atoms with E-state index in [1.807, 2.05) is 0 Å². The van der Waals surface area contributed by atoms with Crippen LogP contribution >= 0.6 is 0 Å². The number of carboxylic acids is 1. The molecule has 0 aliphatic carbocycles. The molecule has 0 saturated carbocycles. The maximum absolute atomic E-state index is 13.2. The molecule has 2 amide bonds. The summed E-state index contributed by atoms with van der Waals surface area (Å²) in [5.41, 5.74) is -0.212. The number of amides is 2. The second-order valence-corrected chi connectivity index (χ2v) is 5.05. The van der Waals surface area contributed by atoms with Gasteiger partial charge in [0.2, 0.25) is 0 Å². The number of carbonyl (C=O) groups excluding carboxylic acids is 1. The van der Waals surface area contributed by atoms with E-state index in [9.17, 15) is 22.8 Å².